The molecule has 1 saturated heterocycles. The second-order valence-corrected chi connectivity index (χ2v) is 9.76. The van der Waals surface area contributed by atoms with Gasteiger partial charge in [0.1, 0.15) is 0 Å². The summed E-state index contributed by atoms with van der Waals surface area (Å²) in [6, 6.07) is 8.04. The van der Waals surface area contributed by atoms with Crippen molar-refractivity contribution in [1.29, 1.82) is 0 Å². The maximum atomic E-state index is 12.4. The number of para-hydroxylation sites is 1. The molecule has 1 aliphatic rings. The normalized spacial score (nSPS) is 16.5. The van der Waals surface area contributed by atoms with Gasteiger partial charge in [-0.15, -0.1) is 11.3 Å². The minimum absolute atomic E-state index is 0.0908. The minimum Gasteiger partial charge on any atom is -0.340 e. The van der Waals surface area contributed by atoms with E-state index in [1.807, 2.05) is 18.2 Å². The fraction of sp³-hybridized carbons (Fsp3) is 0.529. The number of hydrogen-bond donors (Lipinski definition) is 0. The summed E-state index contributed by atoms with van der Waals surface area (Å²) in [6.45, 7) is 1.61. The van der Waals surface area contributed by atoms with Crippen LogP contribution in [-0.4, -0.2) is 73.1 Å². The van der Waals surface area contributed by atoms with Gasteiger partial charge in [0, 0.05) is 46.7 Å². The van der Waals surface area contributed by atoms with Crippen molar-refractivity contribution in [1.82, 2.24) is 18.5 Å². The molecule has 2 heterocycles. The first-order chi connectivity index (χ1) is 12.4. The molecule has 0 atom stereocenters. The topological polar surface area (TPSA) is 73.8 Å². The first-order valence-electron chi connectivity index (χ1n) is 8.68. The van der Waals surface area contributed by atoms with Crippen LogP contribution in [0.3, 0.4) is 0 Å². The van der Waals surface area contributed by atoms with Crippen LogP contribution in [0.15, 0.2) is 24.3 Å². The van der Waals surface area contributed by atoms with E-state index in [9.17, 15) is 13.2 Å². The summed E-state index contributed by atoms with van der Waals surface area (Å²) in [5, 5.41) is 1.06. The van der Waals surface area contributed by atoms with E-state index >= 15 is 0 Å². The van der Waals surface area contributed by atoms with Gasteiger partial charge in [0.15, 0.2) is 0 Å². The zero-order chi connectivity index (χ0) is 18.7. The highest BCUT2D eigenvalue weighted by Gasteiger charge is 2.29. The van der Waals surface area contributed by atoms with Gasteiger partial charge in [0.2, 0.25) is 5.91 Å². The summed E-state index contributed by atoms with van der Waals surface area (Å²) in [6.07, 6.45) is 2.02. The molecule has 2 aromatic rings. The number of thiazole rings is 1. The van der Waals surface area contributed by atoms with Crippen LogP contribution in [0, 0.1) is 0 Å². The van der Waals surface area contributed by atoms with Crippen LogP contribution < -0.4 is 0 Å². The molecule has 0 bridgehead atoms. The van der Waals surface area contributed by atoms with Crippen LogP contribution in [0.2, 0.25) is 0 Å². The monoisotopic (exact) mass is 396 g/mol. The van der Waals surface area contributed by atoms with Crippen LogP contribution in [0.4, 0.5) is 0 Å². The Morgan fingerprint density at radius 2 is 1.88 bits per heavy atom. The Morgan fingerprint density at radius 3 is 2.54 bits per heavy atom. The number of benzene rings is 1. The van der Waals surface area contributed by atoms with Crippen molar-refractivity contribution in [3.63, 3.8) is 0 Å². The molecule has 9 heteroatoms. The average molecular weight is 397 g/mol. The Hall–Kier alpha value is -1.55. The Bertz CT molecular complexity index is 838. The third-order valence-electron chi connectivity index (χ3n) is 4.50. The average Bonchev–Trinajstić information content (AvgIpc) is 3.04. The molecule has 1 aliphatic heterocycles. The van der Waals surface area contributed by atoms with E-state index in [4.69, 9.17) is 0 Å². The maximum absolute atomic E-state index is 12.4. The molecule has 0 radical (unpaired) electrons. The van der Waals surface area contributed by atoms with E-state index in [-0.39, 0.29) is 5.91 Å². The van der Waals surface area contributed by atoms with Crippen molar-refractivity contribution in [2.45, 2.75) is 19.3 Å². The molecule has 0 unspecified atom stereocenters. The zero-order valence-electron chi connectivity index (χ0n) is 15.1. The molecule has 1 fully saturated rings. The lowest BCUT2D eigenvalue weighted by Gasteiger charge is -2.35. The van der Waals surface area contributed by atoms with E-state index < -0.39 is 10.2 Å². The highest BCUT2D eigenvalue weighted by atomic mass is 32.2. The van der Waals surface area contributed by atoms with Gasteiger partial charge >= 0.3 is 0 Å². The number of fused-ring (bicyclic) bond motifs is 1. The largest absolute Gasteiger partial charge is 0.340 e. The third-order valence-corrected chi connectivity index (χ3v) is 7.54. The van der Waals surface area contributed by atoms with Crippen molar-refractivity contribution in [3.8, 4) is 0 Å². The lowest BCUT2D eigenvalue weighted by molar-refractivity contribution is -0.132. The molecule has 3 rings (SSSR count). The summed E-state index contributed by atoms with van der Waals surface area (Å²) >= 11 is 1.68. The van der Waals surface area contributed by atoms with Crippen LogP contribution >= 0.6 is 11.3 Å². The third kappa shape index (κ3) is 4.22. The molecular formula is C17H24N4O3S2. The van der Waals surface area contributed by atoms with Crippen LogP contribution in [-0.2, 0) is 21.4 Å². The first kappa shape index (κ1) is 19.2. The Balaban J connectivity index is 1.46. The summed E-state index contributed by atoms with van der Waals surface area (Å²) in [4.78, 5) is 18.7. The lowest BCUT2D eigenvalue weighted by Crippen LogP contribution is -2.53. The first-order valence-corrected chi connectivity index (χ1v) is 10.9. The van der Waals surface area contributed by atoms with Gasteiger partial charge in [-0.2, -0.15) is 17.0 Å². The van der Waals surface area contributed by atoms with Crippen LogP contribution in [0.1, 0.15) is 17.8 Å². The molecule has 1 amide bonds. The van der Waals surface area contributed by atoms with Crippen molar-refractivity contribution < 1.29 is 13.2 Å². The van der Waals surface area contributed by atoms with Gasteiger partial charge < -0.3 is 4.90 Å². The summed E-state index contributed by atoms with van der Waals surface area (Å²) in [7, 11) is -0.348. The molecule has 7 nitrogen and oxygen atoms in total. The summed E-state index contributed by atoms with van der Waals surface area (Å²) < 4.78 is 28.0. The number of amides is 1. The standard InChI is InChI=1S/C17H24N4O3S2/c1-19(2)26(23,24)21-12-10-20(11-13-21)17(22)9-5-8-16-18-14-6-3-4-7-15(14)25-16/h3-4,6-7H,5,8-13H2,1-2H3. The molecular weight excluding hydrogens is 372 g/mol. The molecule has 1 aromatic heterocycles. The van der Waals surface area contributed by atoms with Crippen molar-refractivity contribution in [3.05, 3.63) is 29.3 Å². The quantitative estimate of drug-likeness (QED) is 0.743. The van der Waals surface area contributed by atoms with Crippen molar-refractivity contribution in [2.24, 2.45) is 0 Å². The van der Waals surface area contributed by atoms with Gasteiger partial charge in [-0.05, 0) is 25.0 Å². The predicted molar refractivity (Wildman–Crippen MR) is 103 cm³/mol. The van der Waals surface area contributed by atoms with Gasteiger partial charge in [-0.25, -0.2) is 4.98 Å². The molecule has 0 spiro atoms. The Morgan fingerprint density at radius 1 is 1.19 bits per heavy atom. The molecule has 1 aromatic carbocycles. The second-order valence-electron chi connectivity index (χ2n) is 6.50. The lowest BCUT2D eigenvalue weighted by atomic mass is 10.2. The smallest absolute Gasteiger partial charge is 0.281 e. The molecule has 26 heavy (non-hydrogen) atoms. The Kier molecular flexibility index (Phi) is 5.91. The molecule has 0 N–H and O–H groups in total. The molecule has 0 aliphatic carbocycles. The van der Waals surface area contributed by atoms with E-state index in [1.54, 1.807) is 16.2 Å². The number of aromatic nitrogens is 1. The number of aryl methyl sites for hydroxylation is 1. The van der Waals surface area contributed by atoms with Gasteiger partial charge in [-0.3, -0.25) is 4.79 Å². The highest BCUT2D eigenvalue weighted by Crippen LogP contribution is 2.23. The fourth-order valence-corrected chi connectivity index (χ4v) is 5.07. The second kappa shape index (κ2) is 7.99. The zero-order valence-corrected chi connectivity index (χ0v) is 16.7. The van der Waals surface area contributed by atoms with E-state index in [2.05, 4.69) is 11.1 Å². The number of nitrogens with zero attached hydrogens (tertiary/aromatic N) is 4. The number of rotatable bonds is 6. The SMILES string of the molecule is CN(C)S(=O)(=O)N1CCN(C(=O)CCCc2nc3ccccc3s2)CC1. The van der Waals surface area contributed by atoms with E-state index in [1.165, 1.54) is 27.4 Å². The molecule has 0 saturated carbocycles. The Labute approximate surface area is 158 Å². The number of hydrogen-bond acceptors (Lipinski definition) is 5. The number of carbonyl (C=O) groups is 1. The van der Waals surface area contributed by atoms with Crippen LogP contribution in [0.5, 0.6) is 0 Å². The predicted octanol–water partition coefficient (Wildman–Crippen LogP) is 1.57. The van der Waals surface area contributed by atoms with Gasteiger partial charge in [0.25, 0.3) is 10.2 Å². The van der Waals surface area contributed by atoms with E-state index in [0.29, 0.717) is 32.6 Å². The number of carbonyl (C=O) groups excluding carboxylic acids is 1. The van der Waals surface area contributed by atoms with Crippen LogP contribution in [0.25, 0.3) is 10.2 Å². The van der Waals surface area contributed by atoms with Crippen molar-refractivity contribution in [2.75, 3.05) is 40.3 Å². The maximum Gasteiger partial charge on any atom is 0.281 e. The fourth-order valence-electron chi connectivity index (χ4n) is 2.97. The van der Waals surface area contributed by atoms with Gasteiger partial charge in [0.05, 0.1) is 15.2 Å². The van der Waals surface area contributed by atoms with E-state index in [0.717, 1.165) is 23.4 Å². The summed E-state index contributed by atoms with van der Waals surface area (Å²) in [5.74, 6) is 0.0908. The van der Waals surface area contributed by atoms with Crippen molar-refractivity contribution >= 4 is 37.7 Å². The highest BCUT2D eigenvalue weighted by molar-refractivity contribution is 7.86. The van der Waals surface area contributed by atoms with Gasteiger partial charge in [-0.1, -0.05) is 12.1 Å². The molecule has 142 valence electrons. The summed E-state index contributed by atoms with van der Waals surface area (Å²) in [5.41, 5.74) is 1.01. The minimum atomic E-state index is -3.39. The number of piperazine rings is 1.